The highest BCUT2D eigenvalue weighted by atomic mass is 19.1. The summed E-state index contributed by atoms with van der Waals surface area (Å²) in [5, 5.41) is 2.92. The highest BCUT2D eigenvalue weighted by Gasteiger charge is 2.27. The second-order valence-electron chi connectivity index (χ2n) is 3.09. The van der Waals surface area contributed by atoms with Crippen molar-refractivity contribution in [2.45, 2.75) is 25.1 Å². The molecule has 2 atom stereocenters. The van der Waals surface area contributed by atoms with Crippen molar-refractivity contribution in [2.75, 3.05) is 13.1 Å². The molecule has 1 saturated heterocycles. The molecule has 1 fully saturated rings. The minimum Gasteiger partial charge on any atom is -0.324 e. The molecular formula is C6H13FN2. The van der Waals surface area contributed by atoms with Crippen molar-refractivity contribution in [2.24, 2.45) is 5.73 Å². The molecule has 0 radical (unpaired) electrons. The van der Waals surface area contributed by atoms with Crippen LogP contribution in [0, 0.1) is 0 Å². The minimum atomic E-state index is -0.756. The zero-order valence-electron chi connectivity index (χ0n) is 5.65. The van der Waals surface area contributed by atoms with E-state index in [1.165, 1.54) is 0 Å². The molecule has 0 aliphatic carbocycles. The summed E-state index contributed by atoms with van der Waals surface area (Å²) in [4.78, 5) is 0. The molecule has 0 spiro atoms. The Bertz CT molecular complexity index is 103. The predicted octanol–water partition coefficient (Wildman–Crippen LogP) is 0.0352. The third-order valence-corrected chi connectivity index (χ3v) is 1.58. The Morgan fingerprint density at radius 1 is 1.78 bits per heavy atom. The van der Waals surface area contributed by atoms with Crippen LogP contribution in [-0.2, 0) is 0 Å². The number of hydrogen-bond acceptors (Lipinski definition) is 2. The summed E-state index contributed by atoms with van der Waals surface area (Å²) in [6.45, 7) is 3.06. The van der Waals surface area contributed by atoms with Crippen molar-refractivity contribution >= 4 is 0 Å². The highest BCUT2D eigenvalue weighted by molar-refractivity contribution is 4.89. The first-order chi connectivity index (χ1) is 4.10. The quantitative estimate of drug-likeness (QED) is 0.488. The van der Waals surface area contributed by atoms with E-state index in [1.807, 2.05) is 6.92 Å². The lowest BCUT2D eigenvalue weighted by atomic mass is 9.93. The van der Waals surface area contributed by atoms with Crippen molar-refractivity contribution in [3.05, 3.63) is 0 Å². The van der Waals surface area contributed by atoms with Gasteiger partial charge in [-0.05, 0) is 13.3 Å². The molecule has 0 bridgehead atoms. The maximum Gasteiger partial charge on any atom is 0.114 e. The Morgan fingerprint density at radius 2 is 2.44 bits per heavy atom. The van der Waals surface area contributed by atoms with Crippen LogP contribution in [0.3, 0.4) is 0 Å². The van der Waals surface area contributed by atoms with Gasteiger partial charge in [-0.25, -0.2) is 4.39 Å². The second kappa shape index (κ2) is 2.23. The van der Waals surface area contributed by atoms with Crippen LogP contribution in [0.5, 0.6) is 0 Å². The van der Waals surface area contributed by atoms with E-state index >= 15 is 0 Å². The average molecular weight is 132 g/mol. The SMILES string of the molecule is CC1(N)CNC[C@H](F)C1. The van der Waals surface area contributed by atoms with Crippen LogP contribution in [0.4, 0.5) is 4.39 Å². The summed E-state index contributed by atoms with van der Waals surface area (Å²) < 4.78 is 12.5. The monoisotopic (exact) mass is 132 g/mol. The first kappa shape index (κ1) is 6.96. The van der Waals surface area contributed by atoms with E-state index < -0.39 is 6.17 Å². The molecule has 0 saturated carbocycles. The zero-order valence-corrected chi connectivity index (χ0v) is 5.65. The lowest BCUT2D eigenvalue weighted by Gasteiger charge is -2.31. The van der Waals surface area contributed by atoms with Gasteiger partial charge in [-0.1, -0.05) is 0 Å². The number of hydrogen-bond donors (Lipinski definition) is 2. The van der Waals surface area contributed by atoms with E-state index in [0.717, 1.165) is 6.54 Å². The number of piperidine rings is 1. The number of halogens is 1. The van der Waals surface area contributed by atoms with Crippen molar-refractivity contribution in [1.82, 2.24) is 5.32 Å². The van der Waals surface area contributed by atoms with Gasteiger partial charge < -0.3 is 11.1 Å². The van der Waals surface area contributed by atoms with Gasteiger partial charge in [0.1, 0.15) is 6.17 Å². The van der Waals surface area contributed by atoms with Crippen molar-refractivity contribution in [3.8, 4) is 0 Å². The number of rotatable bonds is 0. The summed E-state index contributed by atoms with van der Waals surface area (Å²) in [5.74, 6) is 0. The molecule has 9 heavy (non-hydrogen) atoms. The summed E-state index contributed by atoms with van der Waals surface area (Å²) in [7, 11) is 0. The van der Waals surface area contributed by atoms with E-state index in [4.69, 9.17) is 5.73 Å². The van der Waals surface area contributed by atoms with Crippen LogP contribution in [0.25, 0.3) is 0 Å². The fraction of sp³-hybridized carbons (Fsp3) is 1.00. The van der Waals surface area contributed by atoms with Gasteiger partial charge in [0.15, 0.2) is 0 Å². The zero-order chi connectivity index (χ0) is 6.91. The van der Waals surface area contributed by atoms with Gasteiger partial charge in [-0.3, -0.25) is 0 Å². The fourth-order valence-corrected chi connectivity index (χ4v) is 1.16. The Morgan fingerprint density at radius 3 is 2.78 bits per heavy atom. The van der Waals surface area contributed by atoms with Crippen molar-refractivity contribution < 1.29 is 4.39 Å². The molecular weight excluding hydrogens is 119 g/mol. The topological polar surface area (TPSA) is 38.0 Å². The summed E-state index contributed by atoms with van der Waals surface area (Å²) in [5.41, 5.74) is 5.33. The van der Waals surface area contributed by atoms with Crippen LogP contribution >= 0.6 is 0 Å². The molecule has 1 rings (SSSR count). The van der Waals surface area contributed by atoms with E-state index in [2.05, 4.69) is 5.32 Å². The normalized spacial score (nSPS) is 45.0. The molecule has 0 aromatic heterocycles. The summed E-state index contributed by atoms with van der Waals surface area (Å²) >= 11 is 0. The van der Waals surface area contributed by atoms with Gasteiger partial charge in [0.2, 0.25) is 0 Å². The maximum absolute atomic E-state index is 12.5. The fourth-order valence-electron chi connectivity index (χ4n) is 1.16. The highest BCUT2D eigenvalue weighted by Crippen LogP contribution is 2.13. The number of alkyl halides is 1. The standard InChI is InChI=1S/C6H13FN2/c1-6(8)2-5(7)3-9-4-6/h5,9H,2-4,8H2,1H3/t5-,6?/m1/s1. The van der Waals surface area contributed by atoms with Crippen LogP contribution in [-0.4, -0.2) is 24.8 Å². The maximum atomic E-state index is 12.5. The average Bonchev–Trinajstić information content (AvgIpc) is 1.60. The van der Waals surface area contributed by atoms with Gasteiger partial charge in [0.05, 0.1) is 0 Å². The van der Waals surface area contributed by atoms with Crippen molar-refractivity contribution in [1.29, 1.82) is 0 Å². The van der Waals surface area contributed by atoms with Crippen molar-refractivity contribution in [3.63, 3.8) is 0 Å². The molecule has 3 N–H and O–H groups in total. The lowest BCUT2D eigenvalue weighted by Crippen LogP contribution is -2.54. The first-order valence-corrected chi connectivity index (χ1v) is 3.24. The summed E-state index contributed by atoms with van der Waals surface area (Å²) in [6, 6.07) is 0. The Labute approximate surface area is 54.6 Å². The molecule has 1 aliphatic heterocycles. The van der Waals surface area contributed by atoms with Gasteiger partial charge in [0, 0.05) is 18.6 Å². The van der Waals surface area contributed by atoms with Gasteiger partial charge in [-0.2, -0.15) is 0 Å². The number of nitrogens with two attached hydrogens (primary N) is 1. The minimum absolute atomic E-state index is 0.336. The molecule has 1 heterocycles. The molecule has 1 unspecified atom stereocenters. The largest absolute Gasteiger partial charge is 0.324 e. The van der Waals surface area contributed by atoms with Gasteiger partial charge in [0.25, 0.3) is 0 Å². The Kier molecular flexibility index (Phi) is 1.73. The second-order valence-corrected chi connectivity index (χ2v) is 3.09. The summed E-state index contributed by atoms with van der Waals surface area (Å²) in [6.07, 6.45) is -0.270. The van der Waals surface area contributed by atoms with Crippen LogP contribution in [0.1, 0.15) is 13.3 Å². The molecule has 0 amide bonds. The molecule has 54 valence electrons. The van der Waals surface area contributed by atoms with E-state index in [1.54, 1.807) is 0 Å². The Hall–Kier alpha value is -0.150. The van der Waals surface area contributed by atoms with Crippen LogP contribution in [0.2, 0.25) is 0 Å². The molecule has 2 nitrogen and oxygen atoms in total. The van der Waals surface area contributed by atoms with Crippen LogP contribution < -0.4 is 11.1 Å². The van der Waals surface area contributed by atoms with E-state index in [9.17, 15) is 4.39 Å². The molecule has 1 aliphatic rings. The Balaban J connectivity index is 2.41. The van der Waals surface area contributed by atoms with Gasteiger partial charge in [-0.15, -0.1) is 0 Å². The molecule has 0 aromatic carbocycles. The third kappa shape index (κ3) is 1.91. The van der Waals surface area contributed by atoms with Crippen LogP contribution in [0.15, 0.2) is 0 Å². The predicted molar refractivity (Wildman–Crippen MR) is 35.0 cm³/mol. The molecule has 0 aromatic rings. The smallest absolute Gasteiger partial charge is 0.114 e. The lowest BCUT2D eigenvalue weighted by molar-refractivity contribution is 0.200. The third-order valence-electron chi connectivity index (χ3n) is 1.58. The first-order valence-electron chi connectivity index (χ1n) is 3.24. The number of nitrogens with one attached hydrogen (secondary N) is 1. The van der Waals surface area contributed by atoms with E-state index in [-0.39, 0.29) is 5.54 Å². The molecule has 3 heteroatoms. The van der Waals surface area contributed by atoms with E-state index in [0.29, 0.717) is 13.0 Å². The van der Waals surface area contributed by atoms with Gasteiger partial charge >= 0.3 is 0 Å².